The summed E-state index contributed by atoms with van der Waals surface area (Å²) in [5.41, 5.74) is 0.752. The number of aromatic hydroxyl groups is 1. The molecule has 5 heteroatoms. The van der Waals surface area contributed by atoms with E-state index in [0.29, 0.717) is 0 Å². The average molecular weight is 187 g/mol. The minimum atomic E-state index is 0.207. The van der Waals surface area contributed by atoms with Gasteiger partial charge in [-0.2, -0.15) is 0 Å². The highest BCUT2D eigenvalue weighted by atomic mass is 32.1. The maximum atomic E-state index is 8.96. The standard InChI is InChI=1S/C7H9NO3S/c1-8(10-11-12)6-2-4-7(9)5-3-6/h2-5,9,12H,1H3. The van der Waals surface area contributed by atoms with Crippen molar-refractivity contribution in [3.8, 4) is 5.75 Å². The van der Waals surface area contributed by atoms with Crippen LogP contribution in [0.25, 0.3) is 0 Å². The number of hydrogen-bond donors (Lipinski definition) is 2. The molecule has 0 saturated heterocycles. The Bertz CT molecular complexity index is 239. The van der Waals surface area contributed by atoms with Crippen LogP contribution >= 0.6 is 12.9 Å². The SMILES string of the molecule is CN(OOS)c1ccc(O)cc1. The van der Waals surface area contributed by atoms with Crippen molar-refractivity contribution >= 4 is 18.6 Å². The number of phenols is 1. The lowest BCUT2D eigenvalue weighted by Crippen LogP contribution is -2.15. The van der Waals surface area contributed by atoms with E-state index in [0.717, 1.165) is 5.69 Å². The van der Waals surface area contributed by atoms with Gasteiger partial charge in [-0.1, -0.05) is 4.99 Å². The lowest BCUT2D eigenvalue weighted by Gasteiger charge is -2.14. The maximum absolute atomic E-state index is 8.96. The molecular formula is C7H9NO3S. The molecular weight excluding hydrogens is 178 g/mol. The number of thiol groups is 1. The molecule has 66 valence electrons. The lowest BCUT2D eigenvalue weighted by molar-refractivity contribution is -0.196. The van der Waals surface area contributed by atoms with E-state index in [1.807, 2.05) is 0 Å². The fourth-order valence-electron chi connectivity index (χ4n) is 0.756. The van der Waals surface area contributed by atoms with Crippen molar-refractivity contribution in [2.24, 2.45) is 0 Å². The molecule has 0 saturated carbocycles. The van der Waals surface area contributed by atoms with Crippen LogP contribution in [0.1, 0.15) is 0 Å². The van der Waals surface area contributed by atoms with Crippen molar-refractivity contribution in [3.63, 3.8) is 0 Å². The lowest BCUT2D eigenvalue weighted by atomic mass is 10.3. The second kappa shape index (κ2) is 4.20. The first-order chi connectivity index (χ1) is 5.74. The van der Waals surface area contributed by atoms with E-state index in [2.05, 4.69) is 22.2 Å². The molecule has 0 aliphatic carbocycles. The first kappa shape index (κ1) is 9.18. The van der Waals surface area contributed by atoms with Crippen LogP contribution < -0.4 is 5.06 Å². The summed E-state index contributed by atoms with van der Waals surface area (Å²) in [6, 6.07) is 6.46. The molecule has 0 spiro atoms. The fraction of sp³-hybridized carbons (Fsp3) is 0.143. The third-order valence-corrected chi connectivity index (χ3v) is 1.43. The zero-order valence-corrected chi connectivity index (χ0v) is 7.36. The van der Waals surface area contributed by atoms with Crippen LogP contribution in [0.5, 0.6) is 5.75 Å². The highest BCUT2D eigenvalue weighted by molar-refractivity contribution is 7.74. The summed E-state index contributed by atoms with van der Waals surface area (Å²) in [6.45, 7) is 0. The second-order valence-corrected chi connectivity index (χ2v) is 2.31. The van der Waals surface area contributed by atoms with Crippen molar-refractivity contribution in [3.05, 3.63) is 24.3 Å². The monoisotopic (exact) mass is 187 g/mol. The number of hydroxylamine groups is 1. The molecule has 0 heterocycles. The number of rotatable bonds is 3. The number of phenolic OH excluding ortho intramolecular Hbond substituents is 1. The molecule has 0 atom stereocenters. The molecule has 0 aliphatic rings. The highest BCUT2D eigenvalue weighted by Gasteiger charge is 2.00. The van der Waals surface area contributed by atoms with E-state index in [4.69, 9.17) is 5.11 Å². The van der Waals surface area contributed by atoms with Gasteiger partial charge in [0.25, 0.3) is 0 Å². The van der Waals surface area contributed by atoms with Gasteiger partial charge >= 0.3 is 0 Å². The Hall–Kier alpha value is -0.910. The van der Waals surface area contributed by atoms with Crippen LogP contribution in [0.15, 0.2) is 24.3 Å². The molecule has 0 unspecified atom stereocenters. The third kappa shape index (κ3) is 2.30. The quantitative estimate of drug-likeness (QED) is 0.326. The Balaban J connectivity index is 2.68. The summed E-state index contributed by atoms with van der Waals surface area (Å²) in [4.78, 5) is 4.58. The van der Waals surface area contributed by atoms with E-state index in [1.165, 1.54) is 5.06 Å². The molecule has 12 heavy (non-hydrogen) atoms. The van der Waals surface area contributed by atoms with E-state index in [1.54, 1.807) is 31.3 Å². The van der Waals surface area contributed by atoms with Gasteiger partial charge in [0.05, 0.1) is 5.69 Å². The Kier molecular flexibility index (Phi) is 3.21. The molecule has 0 bridgehead atoms. The highest BCUT2D eigenvalue weighted by Crippen LogP contribution is 2.17. The molecule has 1 N–H and O–H groups in total. The summed E-state index contributed by atoms with van der Waals surface area (Å²) >= 11 is 3.42. The largest absolute Gasteiger partial charge is 0.508 e. The van der Waals surface area contributed by atoms with E-state index in [9.17, 15) is 0 Å². The van der Waals surface area contributed by atoms with Crippen molar-refractivity contribution in [1.82, 2.24) is 0 Å². The van der Waals surface area contributed by atoms with Crippen molar-refractivity contribution in [2.45, 2.75) is 0 Å². The van der Waals surface area contributed by atoms with Gasteiger partial charge in [-0.15, -0.1) is 4.33 Å². The predicted molar refractivity (Wildman–Crippen MR) is 47.7 cm³/mol. The molecule has 0 aromatic heterocycles. The Labute approximate surface area is 75.8 Å². The first-order valence-electron chi connectivity index (χ1n) is 3.25. The summed E-state index contributed by atoms with van der Waals surface area (Å²) in [7, 11) is 1.66. The Morgan fingerprint density at radius 3 is 2.42 bits per heavy atom. The number of hydrogen-bond acceptors (Lipinski definition) is 5. The Morgan fingerprint density at radius 1 is 1.33 bits per heavy atom. The van der Waals surface area contributed by atoms with Gasteiger partial charge in [0.2, 0.25) is 0 Å². The van der Waals surface area contributed by atoms with Crippen LogP contribution in [0.2, 0.25) is 0 Å². The van der Waals surface area contributed by atoms with Crippen LogP contribution in [-0.2, 0) is 9.32 Å². The minimum absolute atomic E-state index is 0.207. The van der Waals surface area contributed by atoms with Gasteiger partial charge in [0.1, 0.15) is 5.75 Å². The van der Waals surface area contributed by atoms with E-state index >= 15 is 0 Å². The number of benzene rings is 1. The summed E-state index contributed by atoms with van der Waals surface area (Å²) in [5, 5.41) is 10.3. The summed E-state index contributed by atoms with van der Waals surface area (Å²) < 4.78 is 4.15. The molecule has 1 rings (SSSR count). The van der Waals surface area contributed by atoms with Gasteiger partial charge in [-0.25, -0.2) is 5.06 Å². The molecule has 0 radical (unpaired) electrons. The topological polar surface area (TPSA) is 41.9 Å². The van der Waals surface area contributed by atoms with Crippen molar-refractivity contribution < 1.29 is 14.4 Å². The number of anilines is 1. The van der Waals surface area contributed by atoms with Gasteiger partial charge in [-0.05, 0) is 24.3 Å². The molecule has 0 aliphatic heterocycles. The van der Waals surface area contributed by atoms with E-state index < -0.39 is 0 Å². The average Bonchev–Trinajstić information content (AvgIpc) is 2.06. The predicted octanol–water partition coefficient (Wildman–Crippen LogP) is 1.54. The molecule has 1 aromatic carbocycles. The zero-order chi connectivity index (χ0) is 8.97. The molecule has 4 nitrogen and oxygen atoms in total. The Morgan fingerprint density at radius 2 is 1.92 bits per heavy atom. The minimum Gasteiger partial charge on any atom is -0.508 e. The summed E-state index contributed by atoms with van der Waals surface area (Å²) in [6.07, 6.45) is 0. The smallest absolute Gasteiger partial charge is 0.115 e. The van der Waals surface area contributed by atoms with Crippen molar-refractivity contribution in [1.29, 1.82) is 0 Å². The summed E-state index contributed by atoms with van der Waals surface area (Å²) in [5.74, 6) is 0.207. The molecule has 1 aromatic rings. The molecule has 0 fully saturated rings. The van der Waals surface area contributed by atoms with Gasteiger partial charge in [-0.3, -0.25) is 0 Å². The fourth-order valence-corrected chi connectivity index (χ4v) is 0.856. The second-order valence-electron chi connectivity index (χ2n) is 2.16. The van der Waals surface area contributed by atoms with Crippen molar-refractivity contribution in [2.75, 3.05) is 12.1 Å². The van der Waals surface area contributed by atoms with E-state index in [-0.39, 0.29) is 5.75 Å². The van der Waals surface area contributed by atoms with Crippen LogP contribution in [0.4, 0.5) is 5.69 Å². The maximum Gasteiger partial charge on any atom is 0.115 e. The van der Waals surface area contributed by atoms with Crippen LogP contribution in [0.3, 0.4) is 0 Å². The third-order valence-electron chi connectivity index (χ3n) is 1.36. The molecule has 0 amide bonds. The normalized spacial score (nSPS) is 9.83. The van der Waals surface area contributed by atoms with Crippen LogP contribution in [-0.4, -0.2) is 12.2 Å². The van der Waals surface area contributed by atoms with Gasteiger partial charge < -0.3 is 5.11 Å². The van der Waals surface area contributed by atoms with Gasteiger partial charge in [0, 0.05) is 20.0 Å². The first-order valence-corrected chi connectivity index (χ1v) is 3.61. The zero-order valence-electron chi connectivity index (χ0n) is 6.47. The van der Waals surface area contributed by atoms with Crippen LogP contribution in [0, 0.1) is 0 Å². The number of nitrogens with zero attached hydrogens (tertiary/aromatic N) is 1. The van der Waals surface area contributed by atoms with Gasteiger partial charge in [0.15, 0.2) is 0 Å².